The lowest BCUT2D eigenvalue weighted by molar-refractivity contribution is 0.456. The van der Waals surface area contributed by atoms with Crippen molar-refractivity contribution in [2.24, 2.45) is 5.92 Å². The summed E-state index contributed by atoms with van der Waals surface area (Å²) < 4.78 is 0. The van der Waals surface area contributed by atoms with E-state index in [9.17, 15) is 0 Å². The Morgan fingerprint density at radius 1 is 1.15 bits per heavy atom. The van der Waals surface area contributed by atoms with Crippen LogP contribution in [0.5, 0.6) is 0 Å². The molecule has 0 aliphatic carbocycles. The molecule has 2 aromatic rings. The van der Waals surface area contributed by atoms with Crippen LogP contribution >= 0.6 is 11.6 Å². The molecule has 0 bridgehead atoms. The van der Waals surface area contributed by atoms with Crippen molar-refractivity contribution in [3.05, 3.63) is 35.0 Å². The lowest BCUT2D eigenvalue weighted by Crippen LogP contribution is -2.25. The first kappa shape index (κ1) is 15.4. The van der Waals surface area contributed by atoms with Crippen LogP contribution in [0, 0.1) is 5.92 Å². The molecule has 0 radical (unpaired) electrons. The van der Waals surface area contributed by atoms with E-state index in [0.29, 0.717) is 6.04 Å². The normalized spacial score (nSPS) is 13.2. The molecule has 0 saturated carbocycles. The van der Waals surface area contributed by atoms with Crippen molar-refractivity contribution in [3.63, 3.8) is 0 Å². The Balaban J connectivity index is 1.87. The van der Waals surface area contributed by atoms with Crippen LogP contribution in [0.1, 0.15) is 45.7 Å². The molecule has 1 unspecified atom stereocenters. The molecule has 1 aromatic carbocycles. The highest BCUT2D eigenvalue weighted by atomic mass is 35.5. The van der Waals surface area contributed by atoms with Crippen LogP contribution in [-0.2, 0) is 6.54 Å². The van der Waals surface area contributed by atoms with Gasteiger partial charge in [0.05, 0.1) is 5.02 Å². The van der Waals surface area contributed by atoms with Crippen molar-refractivity contribution in [2.75, 3.05) is 0 Å². The predicted octanol–water partition coefficient (Wildman–Crippen LogP) is 5.13. The average Bonchev–Trinajstić information content (AvgIpc) is 2.73. The maximum absolute atomic E-state index is 6.42. The fourth-order valence-electron chi connectivity index (χ4n) is 2.50. The van der Waals surface area contributed by atoms with Crippen LogP contribution in [-0.4, -0.2) is 11.0 Å². The molecule has 0 spiro atoms. The summed E-state index contributed by atoms with van der Waals surface area (Å²) in [5.74, 6) is 0.797. The second-order valence-electron chi connectivity index (χ2n) is 6.07. The van der Waals surface area contributed by atoms with E-state index in [1.54, 1.807) is 0 Å². The number of aromatic nitrogens is 1. The Bertz CT molecular complexity index is 545. The summed E-state index contributed by atoms with van der Waals surface area (Å²) in [5.41, 5.74) is 2.20. The number of para-hydroxylation sites is 1. The molecule has 2 nitrogen and oxygen atoms in total. The van der Waals surface area contributed by atoms with Gasteiger partial charge in [0.15, 0.2) is 0 Å². The molecule has 0 amide bonds. The molecule has 0 aliphatic heterocycles. The topological polar surface area (TPSA) is 27.8 Å². The predicted molar refractivity (Wildman–Crippen MR) is 88.3 cm³/mol. The zero-order valence-electron chi connectivity index (χ0n) is 12.7. The van der Waals surface area contributed by atoms with Gasteiger partial charge in [-0.2, -0.15) is 0 Å². The highest BCUT2D eigenvalue weighted by Gasteiger charge is 2.10. The lowest BCUT2D eigenvalue weighted by atomic mass is 10.0. The van der Waals surface area contributed by atoms with E-state index in [1.165, 1.54) is 19.3 Å². The number of rotatable bonds is 7. The first-order valence-corrected chi connectivity index (χ1v) is 7.94. The molecule has 1 heterocycles. The summed E-state index contributed by atoms with van der Waals surface area (Å²) >= 11 is 6.42. The number of hydrogen-bond acceptors (Lipinski definition) is 1. The summed E-state index contributed by atoms with van der Waals surface area (Å²) in [6, 6.07) is 8.70. The highest BCUT2D eigenvalue weighted by Crippen LogP contribution is 2.27. The molecule has 110 valence electrons. The van der Waals surface area contributed by atoms with Crippen molar-refractivity contribution in [3.8, 4) is 0 Å². The van der Waals surface area contributed by atoms with Crippen LogP contribution < -0.4 is 5.32 Å². The molecule has 0 aliphatic rings. The van der Waals surface area contributed by atoms with Gasteiger partial charge in [-0.25, -0.2) is 0 Å². The zero-order valence-corrected chi connectivity index (χ0v) is 13.4. The van der Waals surface area contributed by atoms with Gasteiger partial charge in [0.1, 0.15) is 0 Å². The van der Waals surface area contributed by atoms with Gasteiger partial charge in [-0.3, -0.25) is 0 Å². The van der Waals surface area contributed by atoms with Crippen molar-refractivity contribution < 1.29 is 0 Å². The lowest BCUT2D eigenvalue weighted by Gasteiger charge is -2.14. The third-order valence-corrected chi connectivity index (χ3v) is 4.19. The monoisotopic (exact) mass is 292 g/mol. The Hall–Kier alpha value is -0.990. The van der Waals surface area contributed by atoms with Gasteiger partial charge in [-0.05, 0) is 25.3 Å². The number of H-pyrrole nitrogens is 1. The first-order chi connectivity index (χ1) is 9.58. The molecule has 20 heavy (non-hydrogen) atoms. The number of aromatic amines is 1. The molecular formula is C17H25ClN2. The van der Waals surface area contributed by atoms with E-state index in [2.05, 4.69) is 43.2 Å². The van der Waals surface area contributed by atoms with Gasteiger partial charge < -0.3 is 10.3 Å². The number of hydrogen-bond donors (Lipinski definition) is 2. The van der Waals surface area contributed by atoms with Gasteiger partial charge in [-0.1, -0.05) is 56.5 Å². The van der Waals surface area contributed by atoms with Crippen LogP contribution in [0.4, 0.5) is 0 Å². The summed E-state index contributed by atoms with van der Waals surface area (Å²) in [6.45, 7) is 7.61. The summed E-state index contributed by atoms with van der Waals surface area (Å²) in [7, 11) is 0. The molecule has 2 N–H and O–H groups in total. The van der Waals surface area contributed by atoms with Gasteiger partial charge in [0, 0.05) is 29.2 Å². The van der Waals surface area contributed by atoms with Gasteiger partial charge in [-0.15, -0.1) is 0 Å². The largest absolute Gasteiger partial charge is 0.356 e. The van der Waals surface area contributed by atoms with E-state index in [0.717, 1.165) is 34.1 Å². The minimum atomic E-state index is 0.524. The zero-order chi connectivity index (χ0) is 14.5. The van der Waals surface area contributed by atoms with E-state index in [4.69, 9.17) is 11.6 Å². The van der Waals surface area contributed by atoms with Crippen LogP contribution in [0.3, 0.4) is 0 Å². The number of fused-ring (bicyclic) bond motifs is 1. The Morgan fingerprint density at radius 2 is 1.90 bits per heavy atom. The van der Waals surface area contributed by atoms with E-state index in [-0.39, 0.29) is 0 Å². The average molecular weight is 293 g/mol. The van der Waals surface area contributed by atoms with Crippen molar-refractivity contribution in [2.45, 2.75) is 52.6 Å². The maximum atomic E-state index is 6.42. The highest BCUT2D eigenvalue weighted by molar-refractivity contribution is 6.36. The summed E-state index contributed by atoms with van der Waals surface area (Å²) in [6.07, 6.45) is 3.81. The second-order valence-corrected chi connectivity index (χ2v) is 6.45. The van der Waals surface area contributed by atoms with Gasteiger partial charge >= 0.3 is 0 Å². The summed E-state index contributed by atoms with van der Waals surface area (Å²) in [5, 5.41) is 5.52. The van der Waals surface area contributed by atoms with E-state index >= 15 is 0 Å². The molecule has 1 atom stereocenters. The standard InChI is InChI=1S/C17H25ClN2/c1-12(2)7-6-8-13(3)19-11-16-17(18)14-9-4-5-10-15(14)20-16/h4-5,9-10,12-13,19-20H,6-8,11H2,1-3H3. The summed E-state index contributed by atoms with van der Waals surface area (Å²) in [4.78, 5) is 3.40. The molecule has 1 aromatic heterocycles. The van der Waals surface area contributed by atoms with Crippen molar-refractivity contribution in [1.82, 2.24) is 10.3 Å². The van der Waals surface area contributed by atoms with Crippen molar-refractivity contribution in [1.29, 1.82) is 0 Å². The van der Waals surface area contributed by atoms with Crippen molar-refractivity contribution >= 4 is 22.5 Å². The van der Waals surface area contributed by atoms with Crippen LogP contribution in [0.15, 0.2) is 24.3 Å². The van der Waals surface area contributed by atoms with E-state index < -0.39 is 0 Å². The Labute approximate surface area is 126 Å². The molecule has 2 rings (SSSR count). The number of halogens is 1. The molecule has 3 heteroatoms. The Kier molecular flexibility index (Phi) is 5.50. The smallest absolute Gasteiger partial charge is 0.0705 e. The molecular weight excluding hydrogens is 268 g/mol. The minimum Gasteiger partial charge on any atom is -0.356 e. The number of benzene rings is 1. The fourth-order valence-corrected chi connectivity index (χ4v) is 2.77. The van der Waals surface area contributed by atoms with Crippen LogP contribution in [0.25, 0.3) is 10.9 Å². The van der Waals surface area contributed by atoms with Crippen LogP contribution in [0.2, 0.25) is 5.02 Å². The fraction of sp³-hybridized carbons (Fsp3) is 0.529. The number of nitrogens with one attached hydrogen (secondary N) is 2. The third-order valence-electron chi connectivity index (χ3n) is 3.76. The SMILES string of the molecule is CC(C)CCCC(C)NCc1[nH]c2ccccc2c1Cl. The van der Waals surface area contributed by atoms with Gasteiger partial charge in [0.25, 0.3) is 0 Å². The first-order valence-electron chi connectivity index (χ1n) is 7.56. The second kappa shape index (κ2) is 7.14. The maximum Gasteiger partial charge on any atom is 0.0705 e. The molecule has 0 fully saturated rings. The minimum absolute atomic E-state index is 0.524. The van der Waals surface area contributed by atoms with E-state index in [1.807, 2.05) is 12.1 Å². The van der Waals surface area contributed by atoms with Gasteiger partial charge in [0.2, 0.25) is 0 Å². The Morgan fingerprint density at radius 3 is 2.60 bits per heavy atom. The quantitative estimate of drug-likeness (QED) is 0.728. The molecule has 0 saturated heterocycles. The third kappa shape index (κ3) is 4.00.